The molecule has 0 aliphatic rings. The van der Waals surface area contributed by atoms with Crippen LogP contribution in [-0.2, 0) is 6.61 Å². The molecule has 6 aromatic rings. The highest BCUT2D eigenvalue weighted by Crippen LogP contribution is 2.31. The number of benzene rings is 3. The van der Waals surface area contributed by atoms with Gasteiger partial charge in [-0.3, -0.25) is 0 Å². The molecule has 6 rings (SSSR count). The molecule has 3 aromatic carbocycles. The Labute approximate surface area is 191 Å². The maximum atomic E-state index is 6.20. The van der Waals surface area contributed by atoms with Crippen LogP contribution in [0.3, 0.4) is 0 Å². The van der Waals surface area contributed by atoms with Crippen molar-refractivity contribution in [2.75, 3.05) is 0 Å². The van der Waals surface area contributed by atoms with Gasteiger partial charge in [-0.2, -0.15) is 9.61 Å². The number of para-hydroxylation sites is 1. The summed E-state index contributed by atoms with van der Waals surface area (Å²) in [6.45, 7) is 0.413. The van der Waals surface area contributed by atoms with Gasteiger partial charge in [-0.25, -0.2) is 0 Å². The van der Waals surface area contributed by atoms with Gasteiger partial charge < -0.3 is 9.15 Å². The van der Waals surface area contributed by atoms with Gasteiger partial charge >= 0.3 is 0 Å². The summed E-state index contributed by atoms with van der Waals surface area (Å²) in [5.41, 5.74) is 2.73. The maximum absolute atomic E-state index is 6.20. The van der Waals surface area contributed by atoms with Gasteiger partial charge in [-0.1, -0.05) is 59.3 Å². The first-order valence-corrected chi connectivity index (χ1v) is 11.1. The summed E-state index contributed by atoms with van der Waals surface area (Å²) in [5.74, 6) is 1.98. The molecular formula is C24H15ClN4O2S. The van der Waals surface area contributed by atoms with Gasteiger partial charge in [0, 0.05) is 21.5 Å². The highest BCUT2D eigenvalue weighted by molar-refractivity contribution is 7.19. The van der Waals surface area contributed by atoms with Crippen molar-refractivity contribution in [3.8, 4) is 27.9 Å². The van der Waals surface area contributed by atoms with Crippen molar-refractivity contribution in [1.82, 2.24) is 19.8 Å². The summed E-state index contributed by atoms with van der Waals surface area (Å²) >= 11 is 7.67. The van der Waals surface area contributed by atoms with E-state index in [0.29, 0.717) is 28.2 Å². The lowest BCUT2D eigenvalue weighted by Crippen LogP contribution is -1.96. The normalized spacial score (nSPS) is 11.4. The first-order chi connectivity index (χ1) is 15.7. The molecule has 8 heteroatoms. The lowest BCUT2D eigenvalue weighted by molar-refractivity contribution is 0.306. The van der Waals surface area contributed by atoms with E-state index in [4.69, 9.17) is 25.9 Å². The topological polar surface area (TPSA) is 65.5 Å². The Morgan fingerprint density at radius 1 is 0.938 bits per heavy atom. The fourth-order valence-electron chi connectivity index (χ4n) is 3.45. The van der Waals surface area contributed by atoms with Crippen molar-refractivity contribution in [2.45, 2.75) is 6.61 Å². The minimum atomic E-state index is 0.413. The predicted molar refractivity (Wildman–Crippen MR) is 125 cm³/mol. The molecule has 0 aliphatic carbocycles. The second-order valence-electron chi connectivity index (χ2n) is 7.18. The summed E-state index contributed by atoms with van der Waals surface area (Å²) in [4.78, 5) is 0.703. The highest BCUT2D eigenvalue weighted by atomic mass is 35.5. The van der Waals surface area contributed by atoms with E-state index in [-0.39, 0.29) is 0 Å². The van der Waals surface area contributed by atoms with Crippen molar-refractivity contribution in [3.63, 3.8) is 0 Å². The van der Waals surface area contributed by atoms with Gasteiger partial charge in [0.1, 0.15) is 22.9 Å². The van der Waals surface area contributed by atoms with Crippen molar-refractivity contribution >= 4 is 38.9 Å². The minimum Gasteiger partial charge on any atom is -0.489 e. The molecule has 3 aromatic heterocycles. The summed E-state index contributed by atoms with van der Waals surface area (Å²) in [5, 5.41) is 15.8. The van der Waals surface area contributed by atoms with Crippen LogP contribution < -0.4 is 4.74 Å². The summed E-state index contributed by atoms with van der Waals surface area (Å²) in [6, 6.07) is 25.3. The van der Waals surface area contributed by atoms with Crippen molar-refractivity contribution in [3.05, 3.63) is 89.4 Å². The maximum Gasteiger partial charge on any atom is 0.235 e. The fraction of sp³-hybridized carbons (Fsp3) is 0.0417. The minimum absolute atomic E-state index is 0.413. The Balaban J connectivity index is 1.26. The number of hydrogen-bond donors (Lipinski definition) is 0. The number of fused-ring (bicyclic) bond motifs is 2. The van der Waals surface area contributed by atoms with E-state index in [1.165, 1.54) is 11.3 Å². The number of hydrogen-bond acceptors (Lipinski definition) is 6. The number of aromatic nitrogens is 4. The van der Waals surface area contributed by atoms with Gasteiger partial charge in [0.2, 0.25) is 10.8 Å². The van der Waals surface area contributed by atoms with E-state index < -0.39 is 0 Å². The molecule has 32 heavy (non-hydrogen) atoms. The van der Waals surface area contributed by atoms with E-state index in [9.17, 15) is 0 Å². The third-order valence-corrected chi connectivity index (χ3v) is 6.41. The van der Waals surface area contributed by atoms with E-state index in [1.54, 1.807) is 4.52 Å². The second kappa shape index (κ2) is 7.78. The quantitative estimate of drug-likeness (QED) is 0.295. The van der Waals surface area contributed by atoms with Crippen LogP contribution in [0, 0.1) is 0 Å². The van der Waals surface area contributed by atoms with Crippen molar-refractivity contribution in [1.29, 1.82) is 0 Å². The van der Waals surface area contributed by atoms with Crippen LogP contribution in [0.5, 0.6) is 5.75 Å². The van der Waals surface area contributed by atoms with E-state index >= 15 is 0 Å². The molecule has 0 fully saturated rings. The number of ether oxygens (including phenoxy) is 1. The Bertz CT molecular complexity index is 1520. The average molecular weight is 459 g/mol. The van der Waals surface area contributed by atoms with Crippen LogP contribution in [0.25, 0.3) is 38.1 Å². The molecule has 0 aliphatic heterocycles. The second-order valence-corrected chi connectivity index (χ2v) is 8.54. The standard InChI is InChI=1S/C24H15ClN4O2S/c25-19-7-3-1-6-17(19)14-30-18-11-9-15(10-12-18)23-28-29-22(26-27-24(29)32-23)21-13-16-5-2-4-8-20(16)31-21/h1-13H,14H2. The van der Waals surface area contributed by atoms with Gasteiger partial charge in [0.05, 0.1) is 0 Å². The van der Waals surface area contributed by atoms with Gasteiger partial charge in [0.25, 0.3) is 0 Å². The lowest BCUT2D eigenvalue weighted by atomic mass is 10.2. The third kappa shape index (κ3) is 3.41. The molecule has 6 nitrogen and oxygen atoms in total. The Kier molecular flexibility index (Phi) is 4.63. The van der Waals surface area contributed by atoms with Gasteiger partial charge in [0.15, 0.2) is 5.76 Å². The van der Waals surface area contributed by atoms with Crippen LogP contribution in [0.15, 0.2) is 83.3 Å². The van der Waals surface area contributed by atoms with E-state index in [2.05, 4.69) is 10.2 Å². The molecular weight excluding hydrogens is 444 g/mol. The van der Waals surface area contributed by atoms with E-state index in [0.717, 1.165) is 32.9 Å². The summed E-state index contributed by atoms with van der Waals surface area (Å²) in [6.07, 6.45) is 0. The summed E-state index contributed by atoms with van der Waals surface area (Å²) in [7, 11) is 0. The number of halogens is 1. The summed E-state index contributed by atoms with van der Waals surface area (Å²) < 4.78 is 13.5. The van der Waals surface area contributed by atoms with Crippen LogP contribution in [0.4, 0.5) is 0 Å². The van der Waals surface area contributed by atoms with Crippen LogP contribution in [0.2, 0.25) is 5.02 Å². The number of nitrogens with zero attached hydrogens (tertiary/aromatic N) is 4. The Hall–Kier alpha value is -3.68. The SMILES string of the molecule is Clc1ccccc1COc1ccc(-c2nn3c(-c4cc5ccccc5o4)nnc3s2)cc1. The average Bonchev–Trinajstić information content (AvgIpc) is 3.52. The fourth-order valence-corrected chi connectivity index (χ4v) is 4.48. The van der Waals surface area contributed by atoms with Crippen molar-refractivity contribution in [2.24, 2.45) is 0 Å². The number of furan rings is 1. The Morgan fingerprint density at radius 3 is 2.59 bits per heavy atom. The van der Waals surface area contributed by atoms with Crippen LogP contribution in [0.1, 0.15) is 5.56 Å². The molecule has 0 bridgehead atoms. The highest BCUT2D eigenvalue weighted by Gasteiger charge is 2.17. The molecule has 0 amide bonds. The molecule has 0 saturated carbocycles. The molecule has 0 spiro atoms. The monoisotopic (exact) mass is 458 g/mol. The number of rotatable bonds is 5. The van der Waals surface area contributed by atoms with Crippen LogP contribution in [-0.4, -0.2) is 19.8 Å². The van der Waals surface area contributed by atoms with Crippen molar-refractivity contribution < 1.29 is 9.15 Å². The van der Waals surface area contributed by atoms with Gasteiger partial charge in [-0.15, -0.1) is 10.2 Å². The molecule has 0 radical (unpaired) electrons. The van der Waals surface area contributed by atoms with E-state index in [1.807, 2.05) is 78.9 Å². The zero-order valence-corrected chi connectivity index (χ0v) is 18.2. The first kappa shape index (κ1) is 19.0. The largest absolute Gasteiger partial charge is 0.489 e. The predicted octanol–water partition coefficient (Wildman–Crippen LogP) is 6.50. The third-order valence-electron chi connectivity index (χ3n) is 5.09. The molecule has 0 atom stereocenters. The van der Waals surface area contributed by atoms with Gasteiger partial charge in [-0.05, 0) is 42.5 Å². The lowest BCUT2D eigenvalue weighted by Gasteiger charge is -2.08. The molecule has 0 unspecified atom stereocenters. The zero-order chi connectivity index (χ0) is 21.5. The molecule has 0 N–H and O–H groups in total. The Morgan fingerprint density at radius 2 is 1.75 bits per heavy atom. The molecule has 156 valence electrons. The molecule has 0 saturated heterocycles. The smallest absolute Gasteiger partial charge is 0.235 e. The zero-order valence-electron chi connectivity index (χ0n) is 16.6. The van der Waals surface area contributed by atoms with Crippen LogP contribution >= 0.6 is 22.9 Å². The molecule has 3 heterocycles. The first-order valence-electron chi connectivity index (χ1n) is 9.92.